The second-order valence-electron chi connectivity index (χ2n) is 10.1. The Morgan fingerprint density at radius 2 is 1.31 bits per heavy atom. The summed E-state index contributed by atoms with van der Waals surface area (Å²) in [5, 5.41) is 0. The highest BCUT2D eigenvalue weighted by Crippen LogP contribution is 2.35. The summed E-state index contributed by atoms with van der Waals surface area (Å²) in [5.41, 5.74) is 11.2. The molecule has 0 heteroatoms. The monoisotopic (exact) mass is 456 g/mol. The first-order chi connectivity index (χ1) is 16.9. The molecule has 4 rings (SSSR count). The zero-order valence-electron chi connectivity index (χ0n) is 21.4. The molecular formula is C35H36. The van der Waals surface area contributed by atoms with Crippen LogP contribution in [0.25, 0.3) is 11.1 Å². The van der Waals surface area contributed by atoms with Crippen molar-refractivity contribution >= 4 is 0 Å². The molecule has 0 saturated carbocycles. The Kier molecular flexibility index (Phi) is 7.86. The van der Waals surface area contributed by atoms with E-state index in [4.69, 9.17) is 0 Å². The van der Waals surface area contributed by atoms with E-state index in [2.05, 4.69) is 155 Å². The quantitative estimate of drug-likeness (QED) is 0.232. The molecule has 0 fully saturated rings. The van der Waals surface area contributed by atoms with Gasteiger partial charge in [0.15, 0.2) is 0 Å². The van der Waals surface area contributed by atoms with E-state index < -0.39 is 0 Å². The largest absolute Gasteiger partial charge is 0.129 e. The molecule has 2 unspecified atom stereocenters. The zero-order chi connectivity index (χ0) is 24.7. The number of hydrogen-bond donors (Lipinski definition) is 0. The normalized spacial score (nSPS) is 12.9. The second kappa shape index (κ2) is 11.2. The summed E-state index contributed by atoms with van der Waals surface area (Å²) in [6, 6.07) is 39.3. The summed E-state index contributed by atoms with van der Waals surface area (Å²) < 4.78 is 0. The smallest absolute Gasteiger partial charge is 0.0146 e. The van der Waals surface area contributed by atoms with Crippen LogP contribution in [0.3, 0.4) is 0 Å². The van der Waals surface area contributed by atoms with Gasteiger partial charge in [0.05, 0.1) is 0 Å². The topological polar surface area (TPSA) is 0 Å². The van der Waals surface area contributed by atoms with Crippen molar-refractivity contribution in [2.75, 3.05) is 0 Å². The molecule has 0 aliphatic rings. The van der Waals surface area contributed by atoms with Crippen LogP contribution in [0.1, 0.15) is 55.9 Å². The van der Waals surface area contributed by atoms with Gasteiger partial charge < -0.3 is 0 Å². The van der Waals surface area contributed by atoms with Crippen molar-refractivity contribution in [2.24, 2.45) is 5.92 Å². The lowest BCUT2D eigenvalue weighted by molar-refractivity contribution is 0.589. The molecule has 0 radical (unpaired) electrons. The number of hydrogen-bond acceptors (Lipinski definition) is 0. The van der Waals surface area contributed by atoms with Crippen LogP contribution in [0.2, 0.25) is 0 Å². The van der Waals surface area contributed by atoms with Crippen molar-refractivity contribution in [3.05, 3.63) is 149 Å². The fourth-order valence-corrected chi connectivity index (χ4v) is 4.55. The van der Waals surface area contributed by atoms with E-state index in [1.165, 1.54) is 33.4 Å². The molecule has 0 spiro atoms. The predicted octanol–water partition coefficient (Wildman–Crippen LogP) is 9.37. The van der Waals surface area contributed by atoms with Gasteiger partial charge in [-0.3, -0.25) is 0 Å². The van der Waals surface area contributed by atoms with E-state index in [1.54, 1.807) is 0 Å². The Bertz CT molecular complexity index is 1270. The van der Waals surface area contributed by atoms with E-state index in [0.717, 1.165) is 6.42 Å². The molecule has 2 atom stereocenters. The Morgan fingerprint density at radius 1 is 0.686 bits per heavy atom. The summed E-state index contributed by atoms with van der Waals surface area (Å²) in [7, 11) is 0. The fraction of sp³-hybridized carbons (Fsp3) is 0.229. The van der Waals surface area contributed by atoms with Crippen molar-refractivity contribution in [3.8, 4) is 11.1 Å². The number of allylic oxidation sites excluding steroid dienone is 1. The highest BCUT2D eigenvalue weighted by atomic mass is 14.3. The molecule has 176 valence electrons. The van der Waals surface area contributed by atoms with Crippen molar-refractivity contribution in [1.29, 1.82) is 0 Å². The minimum Gasteiger partial charge on any atom is -0.129 e. The van der Waals surface area contributed by atoms with Crippen LogP contribution in [0, 0.1) is 5.92 Å². The highest BCUT2D eigenvalue weighted by molar-refractivity contribution is 5.65. The Morgan fingerprint density at radius 3 is 2.00 bits per heavy atom. The number of benzene rings is 4. The van der Waals surface area contributed by atoms with Gasteiger partial charge in [-0.1, -0.05) is 137 Å². The van der Waals surface area contributed by atoms with Crippen LogP contribution in [0.15, 0.2) is 127 Å². The van der Waals surface area contributed by atoms with Crippen LogP contribution in [0.5, 0.6) is 0 Å². The van der Waals surface area contributed by atoms with Crippen molar-refractivity contribution in [1.82, 2.24) is 0 Å². The van der Waals surface area contributed by atoms with Crippen molar-refractivity contribution in [2.45, 2.75) is 45.4 Å². The van der Waals surface area contributed by atoms with Gasteiger partial charge in [0, 0.05) is 5.41 Å². The predicted molar refractivity (Wildman–Crippen MR) is 151 cm³/mol. The molecule has 0 bridgehead atoms. The third kappa shape index (κ3) is 6.10. The molecule has 4 aromatic carbocycles. The van der Waals surface area contributed by atoms with Crippen LogP contribution < -0.4 is 0 Å². The highest BCUT2D eigenvalue weighted by Gasteiger charge is 2.24. The summed E-state index contributed by atoms with van der Waals surface area (Å²) in [4.78, 5) is 0. The molecule has 35 heavy (non-hydrogen) atoms. The van der Waals surface area contributed by atoms with Gasteiger partial charge in [0.2, 0.25) is 0 Å². The zero-order valence-corrected chi connectivity index (χ0v) is 21.4. The minimum absolute atomic E-state index is 0.0712. The van der Waals surface area contributed by atoms with Crippen LogP contribution in [-0.4, -0.2) is 0 Å². The third-order valence-corrected chi connectivity index (χ3v) is 7.30. The van der Waals surface area contributed by atoms with Gasteiger partial charge >= 0.3 is 0 Å². The molecule has 0 aliphatic heterocycles. The lowest BCUT2D eigenvalue weighted by Gasteiger charge is -2.27. The number of rotatable bonds is 8. The SMILES string of the molecule is CC(C=C=CCc1ccccc1)C(C)c1ccc(C(C)(C)c2cccc(-c3ccccc3)c2)cc1. The maximum atomic E-state index is 3.41. The summed E-state index contributed by atoms with van der Waals surface area (Å²) in [5.74, 6) is 0.856. The average Bonchev–Trinajstić information content (AvgIpc) is 2.92. The molecule has 0 heterocycles. The Labute approximate surface area is 211 Å². The first kappa shape index (κ1) is 24.5. The molecule has 0 N–H and O–H groups in total. The standard InChI is InChI=1S/C35H36/c1-27(14-11-12-17-29-15-7-5-8-16-29)28(2)30-22-24-33(25-23-30)35(3,4)34-21-13-20-32(26-34)31-18-9-6-10-19-31/h5-10,12-16,18-28H,17H2,1-4H3. The van der Waals surface area contributed by atoms with E-state index in [1.807, 2.05) is 0 Å². The average molecular weight is 457 g/mol. The summed E-state index contributed by atoms with van der Waals surface area (Å²) in [6.45, 7) is 9.22. The fourth-order valence-electron chi connectivity index (χ4n) is 4.55. The van der Waals surface area contributed by atoms with E-state index in [9.17, 15) is 0 Å². The van der Waals surface area contributed by atoms with Gasteiger partial charge in [-0.05, 0) is 63.8 Å². The second-order valence-corrected chi connectivity index (χ2v) is 10.1. The van der Waals surface area contributed by atoms with Crippen molar-refractivity contribution in [3.63, 3.8) is 0 Å². The maximum Gasteiger partial charge on any atom is 0.0146 e. The molecule has 0 aromatic heterocycles. The Balaban J connectivity index is 1.46. The first-order valence-electron chi connectivity index (χ1n) is 12.7. The molecule has 0 saturated heterocycles. The molecular weight excluding hydrogens is 420 g/mol. The van der Waals surface area contributed by atoms with Crippen LogP contribution in [-0.2, 0) is 11.8 Å². The van der Waals surface area contributed by atoms with Gasteiger partial charge in [0.25, 0.3) is 0 Å². The first-order valence-corrected chi connectivity index (χ1v) is 12.7. The van der Waals surface area contributed by atoms with Crippen molar-refractivity contribution < 1.29 is 0 Å². The molecule has 0 aliphatic carbocycles. The molecule has 0 nitrogen and oxygen atoms in total. The van der Waals surface area contributed by atoms with E-state index >= 15 is 0 Å². The van der Waals surface area contributed by atoms with Crippen LogP contribution in [0.4, 0.5) is 0 Å². The molecule has 4 aromatic rings. The lowest BCUT2D eigenvalue weighted by Crippen LogP contribution is -2.19. The van der Waals surface area contributed by atoms with Crippen LogP contribution >= 0.6 is 0 Å². The van der Waals surface area contributed by atoms with Gasteiger partial charge in [-0.25, -0.2) is 0 Å². The van der Waals surface area contributed by atoms with Gasteiger partial charge in [0.1, 0.15) is 0 Å². The van der Waals surface area contributed by atoms with E-state index in [0.29, 0.717) is 11.8 Å². The minimum atomic E-state index is -0.0712. The molecule has 0 amide bonds. The summed E-state index contributed by atoms with van der Waals surface area (Å²) in [6.07, 6.45) is 5.27. The van der Waals surface area contributed by atoms with E-state index in [-0.39, 0.29) is 5.41 Å². The summed E-state index contributed by atoms with van der Waals surface area (Å²) >= 11 is 0. The Hall–Kier alpha value is -3.60. The van der Waals surface area contributed by atoms with Gasteiger partial charge in [-0.15, -0.1) is 5.73 Å². The maximum absolute atomic E-state index is 3.41. The van der Waals surface area contributed by atoms with Gasteiger partial charge in [-0.2, -0.15) is 0 Å². The lowest BCUT2D eigenvalue weighted by atomic mass is 9.76. The third-order valence-electron chi connectivity index (χ3n) is 7.30.